The normalized spacial score (nSPS) is 18.4. The molecular formula is C10H11BrO2S. The van der Waals surface area contributed by atoms with E-state index in [0.717, 1.165) is 35.4 Å². The summed E-state index contributed by atoms with van der Waals surface area (Å²) in [6.45, 7) is 1.45. The second-order valence-electron chi connectivity index (χ2n) is 3.38. The molecule has 2 nitrogen and oxygen atoms in total. The standard InChI is InChI=1S/C10H11BrO2S/c11-8-5-9(14-6-8)10(12)7-1-3-13-4-2-7/h5-7H,1-4H2. The Morgan fingerprint density at radius 3 is 2.79 bits per heavy atom. The van der Waals surface area contributed by atoms with E-state index in [-0.39, 0.29) is 11.7 Å². The largest absolute Gasteiger partial charge is 0.381 e. The van der Waals surface area contributed by atoms with Crippen molar-refractivity contribution < 1.29 is 9.53 Å². The molecule has 1 aromatic heterocycles. The summed E-state index contributed by atoms with van der Waals surface area (Å²) in [5, 5.41) is 1.95. The van der Waals surface area contributed by atoms with Crippen LogP contribution in [0, 0.1) is 5.92 Å². The van der Waals surface area contributed by atoms with Crippen molar-refractivity contribution in [2.24, 2.45) is 5.92 Å². The van der Waals surface area contributed by atoms with Gasteiger partial charge in [-0.1, -0.05) is 0 Å². The molecule has 0 N–H and O–H groups in total. The first-order chi connectivity index (χ1) is 6.77. The van der Waals surface area contributed by atoms with E-state index in [1.165, 1.54) is 11.3 Å². The average molecular weight is 275 g/mol. The SMILES string of the molecule is O=C(c1cc(Br)cs1)C1CCOCC1. The first-order valence-corrected chi connectivity index (χ1v) is 6.30. The van der Waals surface area contributed by atoms with Gasteiger partial charge in [-0.05, 0) is 34.8 Å². The van der Waals surface area contributed by atoms with Crippen LogP contribution in [0.15, 0.2) is 15.9 Å². The third-order valence-corrected chi connectivity index (χ3v) is 4.11. The maximum atomic E-state index is 11.9. The van der Waals surface area contributed by atoms with Crippen molar-refractivity contribution >= 4 is 33.0 Å². The molecule has 1 fully saturated rings. The summed E-state index contributed by atoms with van der Waals surface area (Å²) in [6.07, 6.45) is 1.74. The molecule has 2 rings (SSSR count). The molecule has 0 radical (unpaired) electrons. The van der Waals surface area contributed by atoms with E-state index in [2.05, 4.69) is 15.9 Å². The highest BCUT2D eigenvalue weighted by molar-refractivity contribution is 9.10. The van der Waals surface area contributed by atoms with Gasteiger partial charge in [-0.25, -0.2) is 0 Å². The molecule has 1 aliphatic rings. The van der Waals surface area contributed by atoms with E-state index < -0.39 is 0 Å². The van der Waals surface area contributed by atoms with Crippen molar-refractivity contribution in [2.75, 3.05) is 13.2 Å². The van der Waals surface area contributed by atoms with Gasteiger partial charge in [0, 0.05) is 29.0 Å². The van der Waals surface area contributed by atoms with Crippen LogP contribution in [0.4, 0.5) is 0 Å². The molecule has 0 unspecified atom stereocenters. The van der Waals surface area contributed by atoms with E-state index in [1.807, 2.05) is 11.4 Å². The molecule has 14 heavy (non-hydrogen) atoms. The lowest BCUT2D eigenvalue weighted by Gasteiger charge is -2.19. The third-order valence-electron chi connectivity index (χ3n) is 2.40. The molecule has 1 aromatic rings. The molecule has 0 aliphatic carbocycles. The van der Waals surface area contributed by atoms with Gasteiger partial charge in [-0.3, -0.25) is 4.79 Å². The minimum absolute atomic E-state index is 0.175. The van der Waals surface area contributed by atoms with Crippen LogP contribution < -0.4 is 0 Å². The fourth-order valence-electron chi connectivity index (χ4n) is 1.60. The van der Waals surface area contributed by atoms with Crippen molar-refractivity contribution in [2.45, 2.75) is 12.8 Å². The Kier molecular flexibility index (Phi) is 3.36. The summed E-state index contributed by atoms with van der Waals surface area (Å²) < 4.78 is 6.23. The number of Topliss-reactive ketones (excluding diaryl/α,β-unsaturated/α-hetero) is 1. The molecule has 0 atom stereocenters. The summed E-state index contributed by atoms with van der Waals surface area (Å²) in [5.41, 5.74) is 0. The van der Waals surface area contributed by atoms with E-state index in [1.54, 1.807) is 0 Å². The lowest BCUT2D eigenvalue weighted by molar-refractivity contribution is 0.0547. The molecule has 0 bridgehead atoms. The smallest absolute Gasteiger partial charge is 0.176 e. The minimum atomic E-state index is 0.175. The van der Waals surface area contributed by atoms with E-state index >= 15 is 0 Å². The molecule has 0 amide bonds. The van der Waals surface area contributed by atoms with Gasteiger partial charge >= 0.3 is 0 Å². The molecule has 76 valence electrons. The highest BCUT2D eigenvalue weighted by Gasteiger charge is 2.23. The zero-order chi connectivity index (χ0) is 9.97. The number of rotatable bonds is 2. The predicted octanol–water partition coefficient (Wildman–Crippen LogP) is 3.12. The lowest BCUT2D eigenvalue weighted by Crippen LogP contribution is -2.22. The number of ketones is 1. The summed E-state index contributed by atoms with van der Waals surface area (Å²) in [7, 11) is 0. The van der Waals surface area contributed by atoms with E-state index in [9.17, 15) is 4.79 Å². The van der Waals surface area contributed by atoms with Gasteiger partial charge in [0.2, 0.25) is 0 Å². The lowest BCUT2D eigenvalue weighted by atomic mass is 9.94. The fourth-order valence-corrected chi connectivity index (χ4v) is 3.05. The second-order valence-corrected chi connectivity index (χ2v) is 5.21. The first kappa shape index (κ1) is 10.3. The van der Waals surface area contributed by atoms with Crippen molar-refractivity contribution in [3.8, 4) is 0 Å². The van der Waals surface area contributed by atoms with Gasteiger partial charge in [-0.15, -0.1) is 11.3 Å². The van der Waals surface area contributed by atoms with Crippen molar-refractivity contribution in [3.05, 3.63) is 20.8 Å². The Bertz CT molecular complexity index is 329. The quantitative estimate of drug-likeness (QED) is 0.775. The van der Waals surface area contributed by atoms with Gasteiger partial charge in [0.05, 0.1) is 4.88 Å². The van der Waals surface area contributed by atoms with Gasteiger partial charge in [0.1, 0.15) is 0 Å². The minimum Gasteiger partial charge on any atom is -0.381 e. The van der Waals surface area contributed by atoms with Crippen molar-refractivity contribution in [3.63, 3.8) is 0 Å². The first-order valence-electron chi connectivity index (χ1n) is 4.63. The number of halogens is 1. The number of thiophene rings is 1. The predicted molar refractivity (Wildman–Crippen MR) is 59.9 cm³/mol. The molecule has 0 spiro atoms. The van der Waals surface area contributed by atoms with Gasteiger partial charge in [0.15, 0.2) is 5.78 Å². The Balaban J connectivity index is 2.07. The third kappa shape index (κ3) is 2.24. The molecule has 2 heterocycles. The van der Waals surface area contributed by atoms with Crippen LogP contribution in [0.2, 0.25) is 0 Å². The van der Waals surface area contributed by atoms with Crippen molar-refractivity contribution in [1.82, 2.24) is 0 Å². The summed E-state index contributed by atoms with van der Waals surface area (Å²) in [4.78, 5) is 12.8. The van der Waals surface area contributed by atoms with Crippen LogP contribution in [-0.4, -0.2) is 19.0 Å². The molecular weight excluding hydrogens is 264 g/mol. The van der Waals surface area contributed by atoms with Gasteiger partial charge < -0.3 is 4.74 Å². The molecule has 0 saturated carbocycles. The Morgan fingerprint density at radius 1 is 1.50 bits per heavy atom. The van der Waals surface area contributed by atoms with Crippen LogP contribution >= 0.6 is 27.3 Å². The molecule has 1 aliphatic heterocycles. The monoisotopic (exact) mass is 274 g/mol. The second kappa shape index (κ2) is 4.55. The number of ether oxygens (including phenoxy) is 1. The van der Waals surface area contributed by atoms with Gasteiger partial charge in [-0.2, -0.15) is 0 Å². The maximum absolute atomic E-state index is 11.9. The van der Waals surface area contributed by atoms with E-state index in [0.29, 0.717) is 0 Å². The van der Waals surface area contributed by atoms with Crippen LogP contribution in [0.25, 0.3) is 0 Å². The summed E-state index contributed by atoms with van der Waals surface area (Å²) >= 11 is 4.87. The van der Waals surface area contributed by atoms with E-state index in [4.69, 9.17) is 4.74 Å². The zero-order valence-electron chi connectivity index (χ0n) is 7.66. The van der Waals surface area contributed by atoms with Crippen LogP contribution in [-0.2, 0) is 4.74 Å². The number of carbonyl (C=O) groups is 1. The molecule has 0 aromatic carbocycles. The topological polar surface area (TPSA) is 26.3 Å². The Hall–Kier alpha value is -0.190. The Morgan fingerprint density at radius 2 is 2.21 bits per heavy atom. The average Bonchev–Trinajstić information content (AvgIpc) is 2.65. The van der Waals surface area contributed by atoms with Gasteiger partial charge in [0.25, 0.3) is 0 Å². The van der Waals surface area contributed by atoms with Crippen LogP contribution in [0.1, 0.15) is 22.5 Å². The maximum Gasteiger partial charge on any atom is 0.176 e. The fraction of sp³-hybridized carbons (Fsp3) is 0.500. The zero-order valence-corrected chi connectivity index (χ0v) is 10.1. The Labute approximate surface area is 95.4 Å². The summed E-state index contributed by atoms with van der Waals surface area (Å²) in [5.74, 6) is 0.457. The number of hydrogen-bond donors (Lipinski definition) is 0. The summed E-state index contributed by atoms with van der Waals surface area (Å²) in [6, 6.07) is 1.91. The highest BCUT2D eigenvalue weighted by atomic mass is 79.9. The van der Waals surface area contributed by atoms with Crippen molar-refractivity contribution in [1.29, 1.82) is 0 Å². The number of hydrogen-bond acceptors (Lipinski definition) is 3. The van der Waals surface area contributed by atoms with Crippen LogP contribution in [0.5, 0.6) is 0 Å². The molecule has 4 heteroatoms. The highest BCUT2D eigenvalue weighted by Crippen LogP contribution is 2.26. The molecule has 1 saturated heterocycles. The van der Waals surface area contributed by atoms with Crippen LogP contribution in [0.3, 0.4) is 0 Å². The number of carbonyl (C=O) groups excluding carboxylic acids is 1.